The van der Waals surface area contributed by atoms with Crippen LogP contribution in [-0.2, 0) is 11.3 Å². The summed E-state index contributed by atoms with van der Waals surface area (Å²) in [6.45, 7) is 2.21. The van der Waals surface area contributed by atoms with Crippen LogP contribution in [0.5, 0.6) is 5.75 Å². The lowest BCUT2D eigenvalue weighted by Crippen LogP contribution is -2.34. The molecule has 3 N–H and O–H groups in total. The van der Waals surface area contributed by atoms with Gasteiger partial charge in [-0.25, -0.2) is 0 Å². The van der Waals surface area contributed by atoms with Crippen LogP contribution in [0.15, 0.2) is 41.0 Å². The number of hydrogen-bond acceptors (Lipinski definition) is 4. The van der Waals surface area contributed by atoms with E-state index in [0.717, 1.165) is 11.4 Å². The molecule has 1 atom stereocenters. The van der Waals surface area contributed by atoms with Crippen LogP contribution in [0.2, 0.25) is 0 Å². The maximum absolute atomic E-state index is 11.6. The largest absolute Gasteiger partial charge is 0.479 e. The van der Waals surface area contributed by atoms with Gasteiger partial charge in [0.2, 0.25) is 0 Å². The minimum Gasteiger partial charge on any atom is -0.479 e. The summed E-state index contributed by atoms with van der Waals surface area (Å²) in [6, 6.07) is 9.09. The third-order valence-corrected chi connectivity index (χ3v) is 3.42. The van der Waals surface area contributed by atoms with Gasteiger partial charge in [-0.3, -0.25) is 4.79 Å². The average Bonchev–Trinajstić information content (AvgIpc) is 3.00. The standard InChI is InChI=1S/C15H15N3O3S/c1-9-14(19)18-12-7-10(4-5-13(12)21-9)17-15(22)16-8-11-3-2-6-20-11/h2-7,9H,8H2,1H3,(H,18,19)(H2,16,17,22)/t9-/m0/s1. The molecule has 1 aliphatic rings. The predicted octanol–water partition coefficient (Wildman–Crippen LogP) is 2.49. The molecule has 22 heavy (non-hydrogen) atoms. The van der Waals surface area contributed by atoms with Gasteiger partial charge in [-0.1, -0.05) is 0 Å². The van der Waals surface area contributed by atoms with Crippen molar-refractivity contribution in [2.75, 3.05) is 10.6 Å². The number of hydrogen-bond donors (Lipinski definition) is 3. The Bertz CT molecular complexity index is 700. The lowest BCUT2D eigenvalue weighted by atomic mass is 10.2. The summed E-state index contributed by atoms with van der Waals surface area (Å²) in [4.78, 5) is 11.6. The smallest absolute Gasteiger partial charge is 0.265 e. The van der Waals surface area contributed by atoms with E-state index in [1.165, 1.54) is 0 Å². The number of ether oxygens (including phenoxy) is 1. The van der Waals surface area contributed by atoms with E-state index in [4.69, 9.17) is 21.4 Å². The second-order valence-electron chi connectivity index (χ2n) is 4.85. The Morgan fingerprint density at radius 3 is 3.05 bits per heavy atom. The highest BCUT2D eigenvalue weighted by Crippen LogP contribution is 2.32. The van der Waals surface area contributed by atoms with Gasteiger partial charge in [0.25, 0.3) is 5.91 Å². The normalized spacial score (nSPS) is 16.2. The van der Waals surface area contributed by atoms with Gasteiger partial charge in [0.15, 0.2) is 11.2 Å². The van der Waals surface area contributed by atoms with Crippen LogP contribution in [0.1, 0.15) is 12.7 Å². The van der Waals surface area contributed by atoms with Gasteiger partial charge in [0.1, 0.15) is 11.5 Å². The predicted molar refractivity (Wildman–Crippen MR) is 86.9 cm³/mol. The Labute approximate surface area is 132 Å². The molecule has 2 aromatic rings. The maximum Gasteiger partial charge on any atom is 0.265 e. The van der Waals surface area contributed by atoms with Crippen molar-refractivity contribution < 1.29 is 13.9 Å². The first-order chi connectivity index (χ1) is 10.6. The van der Waals surface area contributed by atoms with Gasteiger partial charge in [-0.2, -0.15) is 0 Å². The molecule has 0 saturated carbocycles. The second-order valence-corrected chi connectivity index (χ2v) is 5.26. The van der Waals surface area contributed by atoms with Crippen LogP contribution in [0, 0.1) is 0 Å². The van der Waals surface area contributed by atoms with Gasteiger partial charge >= 0.3 is 0 Å². The number of thiocarbonyl (C=S) groups is 1. The molecular weight excluding hydrogens is 302 g/mol. The summed E-state index contributed by atoms with van der Waals surface area (Å²) < 4.78 is 10.7. The highest BCUT2D eigenvalue weighted by Gasteiger charge is 2.23. The van der Waals surface area contributed by atoms with E-state index in [0.29, 0.717) is 23.1 Å². The molecule has 1 aliphatic heterocycles. The number of rotatable bonds is 3. The molecule has 1 amide bonds. The SMILES string of the molecule is C[C@@H]1Oc2ccc(NC(=S)NCc3ccco3)cc2NC1=O. The molecule has 0 radical (unpaired) electrons. The van der Waals surface area contributed by atoms with Crippen LogP contribution in [-0.4, -0.2) is 17.1 Å². The van der Waals surface area contributed by atoms with Crippen LogP contribution >= 0.6 is 12.2 Å². The third kappa shape index (κ3) is 3.20. The highest BCUT2D eigenvalue weighted by atomic mass is 32.1. The second kappa shape index (κ2) is 6.07. The average molecular weight is 317 g/mol. The summed E-state index contributed by atoms with van der Waals surface area (Å²) in [5.74, 6) is 1.28. The van der Waals surface area contributed by atoms with Crippen molar-refractivity contribution in [3.8, 4) is 5.75 Å². The zero-order valence-electron chi connectivity index (χ0n) is 11.9. The van der Waals surface area contributed by atoms with Crippen molar-refractivity contribution in [2.24, 2.45) is 0 Å². The van der Waals surface area contributed by atoms with Crippen LogP contribution in [0.25, 0.3) is 0 Å². The first kappa shape index (κ1) is 14.4. The third-order valence-electron chi connectivity index (χ3n) is 3.17. The van der Waals surface area contributed by atoms with E-state index >= 15 is 0 Å². The van der Waals surface area contributed by atoms with Gasteiger partial charge < -0.3 is 25.1 Å². The summed E-state index contributed by atoms with van der Waals surface area (Å²) >= 11 is 5.22. The highest BCUT2D eigenvalue weighted by molar-refractivity contribution is 7.80. The van der Waals surface area contributed by atoms with E-state index in [9.17, 15) is 4.79 Å². The number of carbonyl (C=O) groups excluding carboxylic acids is 1. The van der Waals surface area contributed by atoms with Crippen molar-refractivity contribution in [2.45, 2.75) is 19.6 Å². The summed E-state index contributed by atoms with van der Waals surface area (Å²) in [6.07, 6.45) is 1.13. The monoisotopic (exact) mass is 317 g/mol. The van der Waals surface area contributed by atoms with Crippen molar-refractivity contribution in [3.05, 3.63) is 42.4 Å². The quantitative estimate of drug-likeness (QED) is 0.755. The molecule has 0 fully saturated rings. The molecular formula is C15H15N3O3S. The molecule has 0 saturated heterocycles. The van der Waals surface area contributed by atoms with Gasteiger partial charge in [0, 0.05) is 5.69 Å². The molecule has 3 rings (SSSR count). The first-order valence-electron chi connectivity index (χ1n) is 6.80. The Balaban J connectivity index is 1.62. The minimum absolute atomic E-state index is 0.164. The summed E-state index contributed by atoms with van der Waals surface area (Å²) in [5.41, 5.74) is 1.39. The molecule has 114 valence electrons. The van der Waals surface area contributed by atoms with Crippen molar-refractivity contribution >= 4 is 34.6 Å². The number of carbonyl (C=O) groups is 1. The zero-order valence-corrected chi connectivity index (χ0v) is 12.7. The molecule has 6 nitrogen and oxygen atoms in total. The van der Waals surface area contributed by atoms with Gasteiger partial charge in [0.05, 0.1) is 18.5 Å². The molecule has 7 heteroatoms. The van der Waals surface area contributed by atoms with Crippen molar-refractivity contribution in [1.82, 2.24) is 5.32 Å². The van der Waals surface area contributed by atoms with Crippen molar-refractivity contribution in [3.63, 3.8) is 0 Å². The topological polar surface area (TPSA) is 75.5 Å². The maximum atomic E-state index is 11.6. The van der Waals surface area contributed by atoms with Crippen molar-refractivity contribution in [1.29, 1.82) is 0 Å². The number of fused-ring (bicyclic) bond motifs is 1. The summed E-state index contributed by atoms with van der Waals surface area (Å²) in [5, 5.41) is 9.35. The van der Waals surface area contributed by atoms with Crippen LogP contribution in [0.4, 0.5) is 11.4 Å². The number of furan rings is 1. The van der Waals surface area contributed by atoms with Gasteiger partial charge in [-0.15, -0.1) is 0 Å². The lowest BCUT2D eigenvalue weighted by molar-refractivity contribution is -0.122. The number of amides is 1. The van der Waals surface area contributed by atoms with E-state index < -0.39 is 6.10 Å². The molecule has 1 aromatic heterocycles. The Kier molecular flexibility index (Phi) is 3.97. The fraction of sp³-hybridized carbons (Fsp3) is 0.200. The Hall–Kier alpha value is -2.54. The fourth-order valence-electron chi connectivity index (χ4n) is 2.04. The molecule has 0 aliphatic carbocycles. The minimum atomic E-state index is -0.484. The molecule has 0 unspecified atom stereocenters. The molecule has 2 heterocycles. The number of benzene rings is 1. The van der Waals surface area contributed by atoms with E-state index in [-0.39, 0.29) is 5.91 Å². The fourth-order valence-corrected chi connectivity index (χ4v) is 2.23. The Morgan fingerprint density at radius 2 is 2.27 bits per heavy atom. The first-order valence-corrected chi connectivity index (χ1v) is 7.21. The zero-order chi connectivity index (χ0) is 15.5. The number of anilines is 2. The number of nitrogens with one attached hydrogen (secondary N) is 3. The van der Waals surface area contributed by atoms with Crippen LogP contribution < -0.4 is 20.7 Å². The molecule has 1 aromatic carbocycles. The molecule has 0 spiro atoms. The van der Waals surface area contributed by atoms with E-state index in [1.54, 1.807) is 25.3 Å². The summed E-state index contributed by atoms with van der Waals surface area (Å²) in [7, 11) is 0. The van der Waals surface area contributed by atoms with Crippen LogP contribution in [0.3, 0.4) is 0 Å². The van der Waals surface area contributed by atoms with Gasteiger partial charge in [-0.05, 0) is 49.5 Å². The van der Waals surface area contributed by atoms with E-state index in [2.05, 4.69) is 16.0 Å². The lowest BCUT2D eigenvalue weighted by Gasteiger charge is -2.23. The van der Waals surface area contributed by atoms with E-state index in [1.807, 2.05) is 18.2 Å². The Morgan fingerprint density at radius 1 is 1.41 bits per heavy atom. The molecule has 0 bridgehead atoms.